The Kier molecular flexibility index (Phi) is 2.33. The topological polar surface area (TPSA) is 63.3 Å². The van der Waals surface area contributed by atoms with E-state index in [1.807, 2.05) is 6.92 Å². The molecule has 12 heavy (non-hydrogen) atoms. The lowest BCUT2D eigenvalue weighted by atomic mass is 10.0. The van der Waals surface area contributed by atoms with Crippen LogP contribution < -0.4 is 5.73 Å². The van der Waals surface area contributed by atoms with Crippen molar-refractivity contribution < 1.29 is 9.90 Å². The van der Waals surface area contributed by atoms with Gasteiger partial charge in [-0.25, -0.2) is 0 Å². The van der Waals surface area contributed by atoms with Crippen LogP contribution >= 0.6 is 0 Å². The predicted molar refractivity (Wildman–Crippen MR) is 46.0 cm³/mol. The first kappa shape index (κ1) is 8.59. The molecule has 3 nitrogen and oxygen atoms in total. The number of phenols is 1. The number of benzene rings is 1. The number of hydrogen-bond donors (Lipinski definition) is 2. The SMILES string of the molecule is CCc1ccc(O)cc1C(N)=O. The molecule has 0 aliphatic heterocycles. The Balaban J connectivity index is 3.21. The Bertz CT molecular complexity index is 307. The van der Waals surface area contributed by atoms with Crippen LogP contribution in [0.2, 0.25) is 0 Å². The second-order valence-corrected chi connectivity index (χ2v) is 2.56. The van der Waals surface area contributed by atoms with E-state index in [0.29, 0.717) is 5.56 Å². The van der Waals surface area contributed by atoms with Gasteiger partial charge >= 0.3 is 0 Å². The molecule has 64 valence electrons. The van der Waals surface area contributed by atoms with Crippen LogP contribution in [0, 0.1) is 0 Å². The minimum absolute atomic E-state index is 0.0704. The van der Waals surface area contributed by atoms with Gasteiger partial charge in [0.2, 0.25) is 5.91 Å². The lowest BCUT2D eigenvalue weighted by molar-refractivity contribution is 0.0999. The molecule has 0 fully saturated rings. The van der Waals surface area contributed by atoms with Crippen molar-refractivity contribution >= 4 is 5.91 Å². The van der Waals surface area contributed by atoms with Gasteiger partial charge in [-0.05, 0) is 24.1 Å². The molecule has 0 aliphatic carbocycles. The van der Waals surface area contributed by atoms with Crippen LogP contribution in [0.15, 0.2) is 18.2 Å². The summed E-state index contributed by atoms with van der Waals surface area (Å²) < 4.78 is 0. The zero-order valence-corrected chi connectivity index (χ0v) is 6.87. The third-order valence-corrected chi connectivity index (χ3v) is 1.74. The summed E-state index contributed by atoms with van der Waals surface area (Å²) in [4.78, 5) is 10.8. The minimum atomic E-state index is -0.497. The Morgan fingerprint density at radius 3 is 2.75 bits per heavy atom. The normalized spacial score (nSPS) is 9.75. The van der Waals surface area contributed by atoms with E-state index in [4.69, 9.17) is 10.8 Å². The van der Waals surface area contributed by atoms with Crippen molar-refractivity contribution in [2.45, 2.75) is 13.3 Å². The van der Waals surface area contributed by atoms with Crippen LogP contribution in [0.5, 0.6) is 5.75 Å². The summed E-state index contributed by atoms with van der Waals surface area (Å²) >= 11 is 0. The fourth-order valence-electron chi connectivity index (χ4n) is 1.10. The summed E-state index contributed by atoms with van der Waals surface area (Å²) in [6.07, 6.45) is 0.735. The Morgan fingerprint density at radius 2 is 2.25 bits per heavy atom. The highest BCUT2D eigenvalue weighted by Crippen LogP contribution is 2.16. The molecule has 0 aromatic heterocycles. The van der Waals surface area contributed by atoms with Crippen LogP contribution in [0.1, 0.15) is 22.8 Å². The lowest BCUT2D eigenvalue weighted by Gasteiger charge is -2.03. The average molecular weight is 165 g/mol. The van der Waals surface area contributed by atoms with Crippen LogP contribution in [0.3, 0.4) is 0 Å². The smallest absolute Gasteiger partial charge is 0.249 e. The molecule has 0 aliphatic rings. The van der Waals surface area contributed by atoms with Gasteiger partial charge in [0.25, 0.3) is 0 Å². The number of primary amides is 1. The number of carbonyl (C=O) groups excluding carboxylic acids is 1. The van der Waals surface area contributed by atoms with Gasteiger partial charge < -0.3 is 10.8 Å². The highest BCUT2D eigenvalue weighted by atomic mass is 16.3. The van der Waals surface area contributed by atoms with E-state index in [0.717, 1.165) is 12.0 Å². The number of nitrogens with two attached hydrogens (primary N) is 1. The first-order chi connectivity index (χ1) is 5.65. The molecule has 1 rings (SSSR count). The lowest BCUT2D eigenvalue weighted by Crippen LogP contribution is -2.13. The molecule has 0 radical (unpaired) electrons. The number of aryl methyl sites for hydroxylation is 1. The average Bonchev–Trinajstić information content (AvgIpc) is 2.04. The van der Waals surface area contributed by atoms with Gasteiger partial charge in [0.1, 0.15) is 5.75 Å². The molecule has 0 saturated heterocycles. The molecule has 0 atom stereocenters. The van der Waals surface area contributed by atoms with Crippen molar-refractivity contribution in [3.8, 4) is 5.75 Å². The van der Waals surface area contributed by atoms with E-state index in [2.05, 4.69) is 0 Å². The van der Waals surface area contributed by atoms with E-state index in [-0.39, 0.29) is 5.75 Å². The Hall–Kier alpha value is -1.51. The van der Waals surface area contributed by atoms with Crippen LogP contribution in [0.25, 0.3) is 0 Å². The van der Waals surface area contributed by atoms with E-state index < -0.39 is 5.91 Å². The molecule has 0 bridgehead atoms. The summed E-state index contributed by atoms with van der Waals surface area (Å²) in [6.45, 7) is 1.93. The predicted octanol–water partition coefficient (Wildman–Crippen LogP) is 1.05. The van der Waals surface area contributed by atoms with Gasteiger partial charge in [0.05, 0.1) is 0 Å². The van der Waals surface area contributed by atoms with Crippen LogP contribution in [-0.2, 0) is 6.42 Å². The van der Waals surface area contributed by atoms with Crippen LogP contribution in [0.4, 0.5) is 0 Å². The van der Waals surface area contributed by atoms with Crippen molar-refractivity contribution in [2.75, 3.05) is 0 Å². The molecule has 1 amide bonds. The highest BCUT2D eigenvalue weighted by Gasteiger charge is 2.06. The first-order valence-electron chi connectivity index (χ1n) is 3.77. The monoisotopic (exact) mass is 165 g/mol. The Labute approximate surface area is 70.8 Å². The number of carbonyl (C=O) groups is 1. The highest BCUT2D eigenvalue weighted by molar-refractivity contribution is 5.94. The Morgan fingerprint density at radius 1 is 1.58 bits per heavy atom. The fourth-order valence-corrected chi connectivity index (χ4v) is 1.10. The molecule has 1 aromatic rings. The summed E-state index contributed by atoms with van der Waals surface area (Å²) in [7, 11) is 0. The summed E-state index contributed by atoms with van der Waals surface area (Å²) in [5.41, 5.74) is 6.37. The van der Waals surface area contributed by atoms with E-state index >= 15 is 0 Å². The molecule has 1 aromatic carbocycles. The molecular weight excluding hydrogens is 154 g/mol. The molecule has 3 heteroatoms. The number of phenolic OH excluding ortho intramolecular Hbond substituents is 1. The van der Waals surface area contributed by atoms with E-state index in [9.17, 15) is 4.79 Å². The maximum atomic E-state index is 10.8. The van der Waals surface area contributed by atoms with Crippen molar-refractivity contribution in [1.82, 2.24) is 0 Å². The number of amides is 1. The third kappa shape index (κ3) is 1.56. The van der Waals surface area contributed by atoms with E-state index in [1.165, 1.54) is 6.07 Å². The van der Waals surface area contributed by atoms with Crippen molar-refractivity contribution in [2.24, 2.45) is 5.73 Å². The second kappa shape index (κ2) is 3.26. The summed E-state index contributed by atoms with van der Waals surface area (Å²) in [6, 6.07) is 4.64. The largest absolute Gasteiger partial charge is 0.508 e. The van der Waals surface area contributed by atoms with Gasteiger partial charge in [-0.3, -0.25) is 4.79 Å². The van der Waals surface area contributed by atoms with Gasteiger partial charge in [-0.2, -0.15) is 0 Å². The summed E-state index contributed by atoms with van der Waals surface area (Å²) in [5, 5.41) is 9.07. The molecule has 0 heterocycles. The van der Waals surface area contributed by atoms with Gasteiger partial charge in [-0.1, -0.05) is 13.0 Å². The van der Waals surface area contributed by atoms with Gasteiger partial charge in [-0.15, -0.1) is 0 Å². The van der Waals surface area contributed by atoms with Crippen molar-refractivity contribution in [3.63, 3.8) is 0 Å². The molecule has 0 spiro atoms. The number of hydrogen-bond acceptors (Lipinski definition) is 2. The number of rotatable bonds is 2. The maximum Gasteiger partial charge on any atom is 0.249 e. The molecule has 0 unspecified atom stereocenters. The second-order valence-electron chi connectivity index (χ2n) is 2.56. The van der Waals surface area contributed by atoms with E-state index in [1.54, 1.807) is 12.1 Å². The standard InChI is InChI=1S/C9H11NO2/c1-2-6-3-4-7(11)5-8(6)9(10)12/h3-5,11H,2H2,1H3,(H2,10,12). The zero-order chi connectivity index (χ0) is 9.14. The molecule has 3 N–H and O–H groups in total. The first-order valence-corrected chi connectivity index (χ1v) is 3.77. The summed E-state index contributed by atoms with van der Waals surface area (Å²) in [5.74, 6) is -0.427. The third-order valence-electron chi connectivity index (χ3n) is 1.74. The fraction of sp³-hybridized carbons (Fsp3) is 0.222. The van der Waals surface area contributed by atoms with Gasteiger partial charge in [0, 0.05) is 5.56 Å². The number of aromatic hydroxyl groups is 1. The quantitative estimate of drug-likeness (QED) is 0.688. The van der Waals surface area contributed by atoms with Gasteiger partial charge in [0.15, 0.2) is 0 Å². The van der Waals surface area contributed by atoms with Crippen LogP contribution in [-0.4, -0.2) is 11.0 Å². The minimum Gasteiger partial charge on any atom is -0.508 e. The zero-order valence-electron chi connectivity index (χ0n) is 6.87. The van der Waals surface area contributed by atoms with Crippen molar-refractivity contribution in [1.29, 1.82) is 0 Å². The van der Waals surface area contributed by atoms with Crippen molar-refractivity contribution in [3.05, 3.63) is 29.3 Å². The molecular formula is C9H11NO2. The molecule has 0 saturated carbocycles. The maximum absolute atomic E-state index is 10.8.